The van der Waals surface area contributed by atoms with E-state index in [9.17, 15) is 0 Å². The van der Waals surface area contributed by atoms with Crippen LogP contribution in [0.3, 0.4) is 0 Å². The number of guanidine groups is 1. The van der Waals surface area contributed by atoms with Crippen molar-refractivity contribution < 1.29 is 0 Å². The molecule has 1 rings (SSSR count). The largest absolute Gasteiger partial charge is 0.370 e. The minimum atomic E-state index is 0.223. The van der Waals surface area contributed by atoms with Crippen molar-refractivity contribution in [2.75, 3.05) is 26.2 Å². The van der Waals surface area contributed by atoms with E-state index in [4.69, 9.17) is 11.1 Å². The molecule has 16 heavy (non-hydrogen) atoms. The summed E-state index contributed by atoms with van der Waals surface area (Å²) in [5.74, 6) is 0.971. The van der Waals surface area contributed by atoms with Gasteiger partial charge < -0.3 is 16.0 Å². The van der Waals surface area contributed by atoms with Crippen LogP contribution < -0.4 is 11.1 Å². The van der Waals surface area contributed by atoms with Crippen LogP contribution in [-0.4, -0.2) is 37.0 Å². The van der Waals surface area contributed by atoms with Crippen molar-refractivity contribution in [1.29, 1.82) is 5.41 Å². The van der Waals surface area contributed by atoms with Gasteiger partial charge in [-0.05, 0) is 37.3 Å². The van der Waals surface area contributed by atoms with Gasteiger partial charge in [-0.2, -0.15) is 0 Å². The molecular formula is C12H26N4. The van der Waals surface area contributed by atoms with E-state index in [1.54, 1.807) is 0 Å². The van der Waals surface area contributed by atoms with Crippen LogP contribution in [0.25, 0.3) is 0 Å². The molecule has 0 atom stereocenters. The van der Waals surface area contributed by atoms with Crippen molar-refractivity contribution in [2.24, 2.45) is 17.1 Å². The number of nitrogens with one attached hydrogen (secondary N) is 2. The van der Waals surface area contributed by atoms with E-state index in [0.29, 0.717) is 5.41 Å². The second kappa shape index (κ2) is 5.53. The average Bonchev–Trinajstić information content (AvgIpc) is 2.16. The van der Waals surface area contributed by atoms with E-state index >= 15 is 0 Å². The Balaban J connectivity index is 2.15. The lowest BCUT2D eigenvalue weighted by molar-refractivity contribution is 0.249. The summed E-state index contributed by atoms with van der Waals surface area (Å²) in [6, 6.07) is 0. The van der Waals surface area contributed by atoms with Crippen LogP contribution in [-0.2, 0) is 0 Å². The predicted octanol–water partition coefficient (Wildman–Crippen LogP) is 1.23. The molecule has 0 radical (unpaired) electrons. The highest BCUT2D eigenvalue weighted by molar-refractivity contribution is 5.74. The Bertz CT molecular complexity index is 224. The first-order chi connectivity index (χ1) is 7.38. The first-order valence-electron chi connectivity index (χ1n) is 6.18. The van der Waals surface area contributed by atoms with E-state index in [1.165, 1.54) is 0 Å². The lowest BCUT2D eigenvalue weighted by Gasteiger charge is -2.32. The number of hydrogen-bond acceptors (Lipinski definition) is 2. The third-order valence-electron chi connectivity index (χ3n) is 3.04. The maximum Gasteiger partial charge on any atom is 0.188 e. The molecule has 0 aromatic rings. The molecular weight excluding hydrogens is 200 g/mol. The van der Waals surface area contributed by atoms with Gasteiger partial charge in [0.2, 0.25) is 0 Å². The first-order valence-corrected chi connectivity index (χ1v) is 6.18. The summed E-state index contributed by atoms with van der Waals surface area (Å²) in [5, 5.41) is 10.9. The maximum atomic E-state index is 7.36. The van der Waals surface area contributed by atoms with Crippen LogP contribution in [0.1, 0.15) is 33.6 Å². The summed E-state index contributed by atoms with van der Waals surface area (Å²) in [7, 11) is 0. The molecule has 1 aliphatic heterocycles. The standard InChI is InChI=1S/C12H26N4/c1-12(2,3)9-15-8-10-4-6-16(7-5-10)11(13)14/h10,15H,4-9H2,1-3H3,(H3,13,14). The molecule has 0 unspecified atom stereocenters. The zero-order chi connectivity index (χ0) is 12.2. The van der Waals surface area contributed by atoms with Crippen LogP contribution in [0.2, 0.25) is 0 Å². The molecule has 0 aromatic heterocycles. The van der Waals surface area contributed by atoms with E-state index in [0.717, 1.165) is 44.9 Å². The van der Waals surface area contributed by atoms with Crippen molar-refractivity contribution in [3.63, 3.8) is 0 Å². The molecule has 0 aromatic carbocycles. The van der Waals surface area contributed by atoms with Gasteiger partial charge >= 0.3 is 0 Å². The van der Waals surface area contributed by atoms with Gasteiger partial charge in [-0.1, -0.05) is 20.8 Å². The molecule has 0 saturated carbocycles. The van der Waals surface area contributed by atoms with Gasteiger partial charge in [0.25, 0.3) is 0 Å². The summed E-state index contributed by atoms with van der Waals surface area (Å²) < 4.78 is 0. The van der Waals surface area contributed by atoms with Crippen molar-refractivity contribution >= 4 is 5.96 Å². The lowest BCUT2D eigenvalue weighted by atomic mass is 9.94. The fourth-order valence-corrected chi connectivity index (χ4v) is 2.03. The average molecular weight is 226 g/mol. The van der Waals surface area contributed by atoms with Crippen molar-refractivity contribution in [2.45, 2.75) is 33.6 Å². The molecule has 0 amide bonds. The summed E-state index contributed by atoms with van der Waals surface area (Å²) >= 11 is 0. The number of rotatable bonds is 3. The highest BCUT2D eigenvalue weighted by atomic mass is 15.2. The van der Waals surface area contributed by atoms with Crippen molar-refractivity contribution in [3.05, 3.63) is 0 Å². The molecule has 0 spiro atoms. The second-order valence-corrected chi connectivity index (χ2v) is 6.01. The molecule has 1 fully saturated rings. The quantitative estimate of drug-likeness (QED) is 0.501. The molecule has 4 nitrogen and oxygen atoms in total. The van der Waals surface area contributed by atoms with Gasteiger partial charge in [0.1, 0.15) is 0 Å². The smallest absolute Gasteiger partial charge is 0.188 e. The Morgan fingerprint density at radius 1 is 1.38 bits per heavy atom. The van der Waals surface area contributed by atoms with E-state index in [1.807, 2.05) is 4.90 Å². The second-order valence-electron chi connectivity index (χ2n) is 6.01. The molecule has 1 aliphatic rings. The van der Waals surface area contributed by atoms with Gasteiger partial charge in [-0.25, -0.2) is 0 Å². The van der Waals surface area contributed by atoms with Gasteiger partial charge in [0, 0.05) is 13.1 Å². The minimum Gasteiger partial charge on any atom is -0.370 e. The lowest BCUT2D eigenvalue weighted by Crippen LogP contribution is -2.44. The monoisotopic (exact) mass is 226 g/mol. The van der Waals surface area contributed by atoms with Crippen LogP contribution in [0.4, 0.5) is 0 Å². The third-order valence-corrected chi connectivity index (χ3v) is 3.04. The number of nitrogens with zero attached hydrogens (tertiary/aromatic N) is 1. The molecule has 0 bridgehead atoms. The molecule has 4 N–H and O–H groups in total. The highest BCUT2D eigenvalue weighted by Gasteiger charge is 2.20. The van der Waals surface area contributed by atoms with Crippen LogP contribution in [0.15, 0.2) is 0 Å². The summed E-state index contributed by atoms with van der Waals surface area (Å²) in [6.07, 6.45) is 2.30. The Morgan fingerprint density at radius 2 is 1.94 bits per heavy atom. The molecule has 4 heteroatoms. The zero-order valence-electron chi connectivity index (χ0n) is 10.8. The summed E-state index contributed by atoms with van der Waals surface area (Å²) in [4.78, 5) is 1.96. The van der Waals surface area contributed by atoms with E-state index in [2.05, 4.69) is 26.1 Å². The van der Waals surface area contributed by atoms with E-state index in [-0.39, 0.29) is 5.96 Å². The first kappa shape index (κ1) is 13.3. The highest BCUT2D eigenvalue weighted by Crippen LogP contribution is 2.16. The Kier molecular flexibility index (Phi) is 4.59. The summed E-state index contributed by atoms with van der Waals surface area (Å²) in [6.45, 7) is 10.8. The van der Waals surface area contributed by atoms with Crippen LogP contribution >= 0.6 is 0 Å². The number of piperidine rings is 1. The molecule has 0 aliphatic carbocycles. The van der Waals surface area contributed by atoms with E-state index < -0.39 is 0 Å². The van der Waals surface area contributed by atoms with Gasteiger partial charge in [-0.15, -0.1) is 0 Å². The number of hydrogen-bond donors (Lipinski definition) is 3. The number of likely N-dealkylation sites (tertiary alicyclic amines) is 1. The zero-order valence-corrected chi connectivity index (χ0v) is 10.8. The molecule has 1 saturated heterocycles. The predicted molar refractivity (Wildman–Crippen MR) is 68.5 cm³/mol. The fourth-order valence-electron chi connectivity index (χ4n) is 2.03. The van der Waals surface area contributed by atoms with Gasteiger partial charge in [-0.3, -0.25) is 5.41 Å². The Labute approximate surface area is 99.1 Å². The Morgan fingerprint density at radius 3 is 2.38 bits per heavy atom. The van der Waals surface area contributed by atoms with Crippen LogP contribution in [0.5, 0.6) is 0 Å². The third kappa shape index (κ3) is 4.84. The van der Waals surface area contributed by atoms with Crippen LogP contribution in [0, 0.1) is 16.7 Å². The van der Waals surface area contributed by atoms with Crippen molar-refractivity contribution in [1.82, 2.24) is 10.2 Å². The van der Waals surface area contributed by atoms with Crippen molar-refractivity contribution in [3.8, 4) is 0 Å². The molecule has 94 valence electrons. The SMILES string of the molecule is CC(C)(C)CNCC1CCN(C(=N)N)CC1. The topological polar surface area (TPSA) is 65.1 Å². The van der Waals surface area contributed by atoms with Gasteiger partial charge in [0.15, 0.2) is 5.96 Å². The Hall–Kier alpha value is -0.770. The normalized spacial score (nSPS) is 18.8. The minimum absolute atomic E-state index is 0.223. The summed E-state index contributed by atoms with van der Waals surface area (Å²) in [5.41, 5.74) is 5.82. The maximum absolute atomic E-state index is 7.36. The molecule has 1 heterocycles. The van der Waals surface area contributed by atoms with Gasteiger partial charge in [0.05, 0.1) is 0 Å². The fraction of sp³-hybridized carbons (Fsp3) is 0.917. The number of nitrogens with two attached hydrogens (primary N) is 1.